The maximum Gasteiger partial charge on any atom is 0.314 e. The Morgan fingerprint density at radius 2 is 2.19 bits per heavy atom. The number of pyridine rings is 1. The zero-order chi connectivity index (χ0) is 12.0. The summed E-state index contributed by atoms with van der Waals surface area (Å²) in [5, 5.41) is 13.5. The van der Waals surface area contributed by atoms with E-state index in [1.807, 2.05) is 0 Å². The molecular formula is C10H13N3O3. The van der Waals surface area contributed by atoms with E-state index in [1.165, 1.54) is 13.1 Å². The fraction of sp³-hybridized carbons (Fsp3) is 0.300. The summed E-state index contributed by atoms with van der Waals surface area (Å²) in [7, 11) is 0. The van der Waals surface area contributed by atoms with Crippen LogP contribution < -0.4 is 10.6 Å². The molecule has 1 aromatic heterocycles. The molecule has 6 heteroatoms. The highest BCUT2D eigenvalue weighted by Crippen LogP contribution is 1.98. The third kappa shape index (κ3) is 4.05. The predicted molar refractivity (Wildman–Crippen MR) is 57.6 cm³/mol. The number of carbonyl (C=O) groups excluding carboxylic acids is 2. The van der Waals surface area contributed by atoms with Gasteiger partial charge in [0.2, 0.25) is 0 Å². The van der Waals surface area contributed by atoms with Gasteiger partial charge in [0.15, 0.2) is 0 Å². The van der Waals surface area contributed by atoms with Gasteiger partial charge >= 0.3 is 11.8 Å². The van der Waals surface area contributed by atoms with Gasteiger partial charge in [0.05, 0.1) is 6.10 Å². The van der Waals surface area contributed by atoms with Crippen LogP contribution in [0.3, 0.4) is 0 Å². The molecule has 0 aromatic carbocycles. The summed E-state index contributed by atoms with van der Waals surface area (Å²) in [6.45, 7) is 1.55. The summed E-state index contributed by atoms with van der Waals surface area (Å²) in [4.78, 5) is 26.3. The van der Waals surface area contributed by atoms with E-state index in [2.05, 4.69) is 15.6 Å². The van der Waals surface area contributed by atoms with Crippen LogP contribution in [0.15, 0.2) is 24.4 Å². The van der Waals surface area contributed by atoms with E-state index < -0.39 is 17.9 Å². The Bertz CT molecular complexity index is 365. The smallest absolute Gasteiger partial charge is 0.314 e. The van der Waals surface area contributed by atoms with Gasteiger partial charge in [0.1, 0.15) is 5.82 Å². The van der Waals surface area contributed by atoms with Crippen LogP contribution in [0.2, 0.25) is 0 Å². The van der Waals surface area contributed by atoms with E-state index in [1.54, 1.807) is 18.2 Å². The van der Waals surface area contributed by atoms with Crippen LogP contribution in [0.25, 0.3) is 0 Å². The number of nitrogens with one attached hydrogen (secondary N) is 2. The third-order valence-electron chi connectivity index (χ3n) is 1.67. The van der Waals surface area contributed by atoms with Gasteiger partial charge in [-0.15, -0.1) is 0 Å². The quantitative estimate of drug-likeness (QED) is 0.603. The minimum atomic E-state index is -0.806. The predicted octanol–water partition coefficient (Wildman–Crippen LogP) is -0.483. The van der Waals surface area contributed by atoms with Crippen LogP contribution in [0.5, 0.6) is 0 Å². The van der Waals surface area contributed by atoms with Crippen molar-refractivity contribution in [1.29, 1.82) is 0 Å². The molecule has 1 unspecified atom stereocenters. The number of nitrogens with zero attached hydrogens (tertiary/aromatic N) is 1. The standard InChI is InChI=1S/C10H13N3O3/c1-7(14)6-12-9(15)10(16)13-8-4-2-3-5-11-8/h2-5,7,14H,6H2,1H3,(H,12,15)(H,11,13,16). The van der Waals surface area contributed by atoms with Crippen LogP contribution in [0.1, 0.15) is 6.92 Å². The molecule has 0 bridgehead atoms. The fourth-order valence-corrected chi connectivity index (χ4v) is 0.930. The second-order valence-corrected chi connectivity index (χ2v) is 3.23. The number of hydrogen-bond donors (Lipinski definition) is 3. The molecule has 6 nitrogen and oxygen atoms in total. The van der Waals surface area contributed by atoms with Gasteiger partial charge in [-0.05, 0) is 19.1 Å². The largest absolute Gasteiger partial charge is 0.392 e. The lowest BCUT2D eigenvalue weighted by Crippen LogP contribution is -2.38. The van der Waals surface area contributed by atoms with Crippen LogP contribution in [-0.4, -0.2) is 34.6 Å². The van der Waals surface area contributed by atoms with Gasteiger partial charge in [-0.2, -0.15) is 0 Å². The van der Waals surface area contributed by atoms with E-state index in [9.17, 15) is 9.59 Å². The Morgan fingerprint density at radius 3 is 2.75 bits per heavy atom. The monoisotopic (exact) mass is 223 g/mol. The van der Waals surface area contributed by atoms with Gasteiger partial charge in [-0.1, -0.05) is 6.07 Å². The van der Waals surface area contributed by atoms with Gasteiger partial charge in [-0.3, -0.25) is 9.59 Å². The molecule has 3 N–H and O–H groups in total. The van der Waals surface area contributed by atoms with E-state index in [-0.39, 0.29) is 6.54 Å². The highest BCUT2D eigenvalue weighted by Gasteiger charge is 2.13. The van der Waals surface area contributed by atoms with E-state index in [4.69, 9.17) is 5.11 Å². The highest BCUT2D eigenvalue weighted by molar-refractivity contribution is 6.39. The van der Waals surface area contributed by atoms with Gasteiger partial charge in [0, 0.05) is 12.7 Å². The summed E-state index contributed by atoms with van der Waals surface area (Å²) in [5.74, 6) is -1.30. The number of aliphatic hydroxyl groups is 1. The average molecular weight is 223 g/mol. The van der Waals surface area contributed by atoms with E-state index >= 15 is 0 Å². The van der Waals surface area contributed by atoms with Crippen LogP contribution in [-0.2, 0) is 9.59 Å². The SMILES string of the molecule is CC(O)CNC(=O)C(=O)Nc1ccccn1. The molecule has 86 valence electrons. The molecule has 0 saturated carbocycles. The molecule has 1 rings (SSSR count). The molecule has 0 saturated heterocycles. The van der Waals surface area contributed by atoms with Crippen molar-refractivity contribution >= 4 is 17.6 Å². The number of anilines is 1. The average Bonchev–Trinajstić information content (AvgIpc) is 2.27. The molecule has 0 radical (unpaired) electrons. The van der Waals surface area contributed by atoms with Crippen molar-refractivity contribution in [3.8, 4) is 0 Å². The number of hydrogen-bond acceptors (Lipinski definition) is 4. The maximum atomic E-state index is 11.3. The molecule has 1 aromatic rings. The van der Waals surface area contributed by atoms with Crippen LogP contribution in [0, 0.1) is 0 Å². The van der Waals surface area contributed by atoms with Gasteiger partial charge in [-0.25, -0.2) is 4.98 Å². The lowest BCUT2D eigenvalue weighted by Gasteiger charge is -2.06. The van der Waals surface area contributed by atoms with Crippen LogP contribution in [0.4, 0.5) is 5.82 Å². The zero-order valence-electron chi connectivity index (χ0n) is 8.80. The third-order valence-corrected chi connectivity index (χ3v) is 1.67. The Hall–Kier alpha value is -1.95. The van der Waals surface area contributed by atoms with E-state index in [0.29, 0.717) is 5.82 Å². The molecule has 16 heavy (non-hydrogen) atoms. The number of amides is 2. The topological polar surface area (TPSA) is 91.3 Å². The first-order valence-electron chi connectivity index (χ1n) is 4.78. The fourth-order valence-electron chi connectivity index (χ4n) is 0.930. The van der Waals surface area contributed by atoms with Crippen molar-refractivity contribution in [2.75, 3.05) is 11.9 Å². The minimum Gasteiger partial charge on any atom is -0.392 e. The lowest BCUT2D eigenvalue weighted by atomic mass is 10.4. The maximum absolute atomic E-state index is 11.3. The lowest BCUT2D eigenvalue weighted by molar-refractivity contribution is -0.136. The molecular weight excluding hydrogens is 210 g/mol. The second-order valence-electron chi connectivity index (χ2n) is 3.23. The first-order valence-corrected chi connectivity index (χ1v) is 4.78. The molecule has 0 aliphatic rings. The summed E-state index contributed by atoms with van der Waals surface area (Å²) in [6, 6.07) is 4.96. The number of rotatable bonds is 3. The normalized spacial score (nSPS) is 11.6. The number of aromatic nitrogens is 1. The first-order chi connectivity index (χ1) is 7.59. The first kappa shape index (κ1) is 12.1. The summed E-state index contributed by atoms with van der Waals surface area (Å²) in [6.07, 6.45) is 0.815. The van der Waals surface area contributed by atoms with Crippen LogP contribution >= 0.6 is 0 Å². The van der Waals surface area contributed by atoms with Crippen molar-refractivity contribution in [1.82, 2.24) is 10.3 Å². The Balaban J connectivity index is 2.44. The Morgan fingerprint density at radius 1 is 1.44 bits per heavy atom. The van der Waals surface area contributed by atoms with Gasteiger partial charge in [0.25, 0.3) is 0 Å². The minimum absolute atomic E-state index is 0.0362. The van der Waals surface area contributed by atoms with Crippen molar-refractivity contribution in [3.05, 3.63) is 24.4 Å². The molecule has 0 spiro atoms. The molecule has 0 aliphatic carbocycles. The zero-order valence-corrected chi connectivity index (χ0v) is 8.80. The van der Waals surface area contributed by atoms with Crippen molar-refractivity contribution in [2.24, 2.45) is 0 Å². The Labute approximate surface area is 92.7 Å². The molecule has 2 amide bonds. The Kier molecular flexibility index (Phi) is 4.41. The molecule has 0 aliphatic heterocycles. The van der Waals surface area contributed by atoms with E-state index in [0.717, 1.165) is 0 Å². The van der Waals surface area contributed by atoms with Gasteiger partial charge < -0.3 is 15.7 Å². The number of aliphatic hydroxyl groups excluding tert-OH is 1. The second kappa shape index (κ2) is 5.82. The van der Waals surface area contributed by atoms with Crippen molar-refractivity contribution in [2.45, 2.75) is 13.0 Å². The number of carbonyl (C=O) groups is 2. The van der Waals surface area contributed by atoms with Crippen molar-refractivity contribution < 1.29 is 14.7 Å². The molecule has 1 heterocycles. The highest BCUT2D eigenvalue weighted by atomic mass is 16.3. The van der Waals surface area contributed by atoms with Crippen molar-refractivity contribution in [3.63, 3.8) is 0 Å². The molecule has 1 atom stereocenters. The summed E-state index contributed by atoms with van der Waals surface area (Å²) in [5.41, 5.74) is 0. The summed E-state index contributed by atoms with van der Waals surface area (Å²) < 4.78 is 0. The molecule has 0 fully saturated rings. The summed E-state index contributed by atoms with van der Waals surface area (Å²) >= 11 is 0.